The topological polar surface area (TPSA) is 55.2 Å². The van der Waals surface area contributed by atoms with Gasteiger partial charge in [0.15, 0.2) is 0 Å². The molecule has 1 saturated carbocycles. The number of rotatable bonds is 1. The smallest absolute Gasteiger partial charge is 0.0459 e. The molecule has 0 heterocycles. The van der Waals surface area contributed by atoms with Crippen molar-refractivity contribution in [1.82, 2.24) is 6.15 Å². The molecule has 44 valence electrons. The Morgan fingerprint density at radius 2 is 2.00 bits per heavy atom. The van der Waals surface area contributed by atoms with Crippen molar-refractivity contribution < 1.29 is 5.11 Å². The van der Waals surface area contributed by atoms with Gasteiger partial charge in [-0.25, -0.2) is 0 Å². The van der Waals surface area contributed by atoms with Gasteiger partial charge >= 0.3 is 0 Å². The first-order chi connectivity index (χ1) is 2.93. The van der Waals surface area contributed by atoms with E-state index in [0.717, 1.165) is 0 Å². The molecule has 0 unspecified atom stereocenters. The summed E-state index contributed by atoms with van der Waals surface area (Å²) in [4.78, 5) is 0. The van der Waals surface area contributed by atoms with E-state index in [1.165, 1.54) is 19.3 Å². The fraction of sp³-hybridized carbons (Fsp3) is 1.00. The highest BCUT2D eigenvalue weighted by atomic mass is 16.3. The molecule has 0 spiro atoms. The highest BCUT2D eigenvalue weighted by molar-refractivity contribution is 4.66. The van der Waals surface area contributed by atoms with Crippen LogP contribution in [0.1, 0.15) is 19.3 Å². The molecule has 0 aromatic heterocycles. The van der Waals surface area contributed by atoms with Gasteiger partial charge in [0.2, 0.25) is 0 Å². The van der Waals surface area contributed by atoms with Gasteiger partial charge in [-0.1, -0.05) is 6.42 Å². The standard InChI is InChI=1S/C5H10O.H3N/c6-4-5-2-1-3-5;/h5-6H,1-4H2;1H3. The van der Waals surface area contributed by atoms with E-state index in [0.29, 0.717) is 12.5 Å². The van der Waals surface area contributed by atoms with E-state index in [2.05, 4.69) is 0 Å². The molecule has 0 atom stereocenters. The van der Waals surface area contributed by atoms with Gasteiger partial charge in [0.1, 0.15) is 0 Å². The van der Waals surface area contributed by atoms with Crippen LogP contribution in [0.4, 0.5) is 0 Å². The maximum absolute atomic E-state index is 8.39. The van der Waals surface area contributed by atoms with Crippen molar-refractivity contribution in [2.24, 2.45) is 5.92 Å². The monoisotopic (exact) mass is 103 g/mol. The minimum absolute atomic E-state index is 0. The van der Waals surface area contributed by atoms with E-state index in [4.69, 9.17) is 5.11 Å². The molecule has 0 amide bonds. The molecule has 0 aromatic rings. The zero-order valence-electron chi connectivity index (χ0n) is 4.56. The van der Waals surface area contributed by atoms with Gasteiger partial charge in [-0.3, -0.25) is 0 Å². The van der Waals surface area contributed by atoms with Gasteiger partial charge in [0.05, 0.1) is 0 Å². The third-order valence-corrected chi connectivity index (χ3v) is 1.48. The Balaban J connectivity index is 0.000000360. The minimum atomic E-state index is 0. The third kappa shape index (κ3) is 1.45. The highest BCUT2D eigenvalue weighted by Gasteiger charge is 2.14. The minimum Gasteiger partial charge on any atom is -0.396 e. The second-order valence-electron chi connectivity index (χ2n) is 1.98. The van der Waals surface area contributed by atoms with Crippen LogP contribution in [-0.2, 0) is 0 Å². The molecule has 2 nitrogen and oxygen atoms in total. The molecule has 0 aliphatic heterocycles. The van der Waals surface area contributed by atoms with Crippen LogP contribution in [-0.4, -0.2) is 11.7 Å². The van der Waals surface area contributed by atoms with E-state index < -0.39 is 0 Å². The number of hydrogen-bond acceptors (Lipinski definition) is 2. The summed E-state index contributed by atoms with van der Waals surface area (Å²) in [6.07, 6.45) is 3.86. The first kappa shape index (κ1) is 6.92. The van der Waals surface area contributed by atoms with E-state index in [-0.39, 0.29) is 6.15 Å². The summed E-state index contributed by atoms with van der Waals surface area (Å²) in [6.45, 7) is 0.417. The highest BCUT2D eigenvalue weighted by Crippen LogP contribution is 2.24. The summed E-state index contributed by atoms with van der Waals surface area (Å²) < 4.78 is 0. The number of aliphatic hydroxyl groups excluding tert-OH is 1. The van der Waals surface area contributed by atoms with Gasteiger partial charge in [-0.2, -0.15) is 0 Å². The normalized spacial score (nSPS) is 20.1. The van der Waals surface area contributed by atoms with Crippen LogP contribution in [0.2, 0.25) is 0 Å². The second-order valence-corrected chi connectivity index (χ2v) is 1.98. The van der Waals surface area contributed by atoms with E-state index in [9.17, 15) is 0 Å². The van der Waals surface area contributed by atoms with Crippen LogP contribution >= 0.6 is 0 Å². The molecule has 0 radical (unpaired) electrons. The predicted molar refractivity (Wildman–Crippen MR) is 29.4 cm³/mol. The van der Waals surface area contributed by atoms with Crippen LogP contribution in [0.3, 0.4) is 0 Å². The van der Waals surface area contributed by atoms with E-state index in [1.54, 1.807) is 0 Å². The number of hydrogen-bond donors (Lipinski definition) is 2. The lowest BCUT2D eigenvalue weighted by Crippen LogP contribution is -2.14. The van der Waals surface area contributed by atoms with Crippen LogP contribution in [0.5, 0.6) is 0 Å². The summed E-state index contributed by atoms with van der Waals surface area (Å²) in [5.41, 5.74) is 0. The van der Waals surface area contributed by atoms with E-state index in [1.807, 2.05) is 0 Å². The maximum atomic E-state index is 8.39. The molecule has 0 aromatic carbocycles. The fourth-order valence-corrected chi connectivity index (χ4v) is 0.675. The van der Waals surface area contributed by atoms with Gasteiger partial charge in [-0.15, -0.1) is 0 Å². The van der Waals surface area contributed by atoms with Crippen molar-refractivity contribution in [1.29, 1.82) is 0 Å². The fourth-order valence-electron chi connectivity index (χ4n) is 0.675. The van der Waals surface area contributed by atoms with Gasteiger partial charge in [0, 0.05) is 6.61 Å². The zero-order valence-corrected chi connectivity index (χ0v) is 4.56. The average molecular weight is 103 g/mol. The Morgan fingerprint density at radius 3 is 2.00 bits per heavy atom. The first-order valence-corrected chi connectivity index (χ1v) is 2.54. The lowest BCUT2D eigenvalue weighted by atomic mass is 9.86. The van der Waals surface area contributed by atoms with Crippen LogP contribution in [0, 0.1) is 5.92 Å². The van der Waals surface area contributed by atoms with Gasteiger partial charge in [-0.05, 0) is 18.8 Å². The summed E-state index contributed by atoms with van der Waals surface area (Å²) in [5, 5.41) is 8.39. The molecule has 4 N–H and O–H groups in total. The van der Waals surface area contributed by atoms with Crippen molar-refractivity contribution in [2.75, 3.05) is 6.61 Å². The van der Waals surface area contributed by atoms with E-state index >= 15 is 0 Å². The van der Waals surface area contributed by atoms with Crippen LogP contribution in [0.25, 0.3) is 0 Å². The Bertz CT molecular complexity index is 40.6. The maximum Gasteiger partial charge on any atom is 0.0459 e. The van der Waals surface area contributed by atoms with Crippen LogP contribution < -0.4 is 6.15 Å². The van der Waals surface area contributed by atoms with Crippen molar-refractivity contribution in [2.45, 2.75) is 19.3 Å². The van der Waals surface area contributed by atoms with Crippen LogP contribution in [0.15, 0.2) is 0 Å². The Hall–Kier alpha value is -0.0800. The molecule has 1 aliphatic carbocycles. The molecule has 1 rings (SSSR count). The largest absolute Gasteiger partial charge is 0.396 e. The lowest BCUT2D eigenvalue weighted by molar-refractivity contribution is 0.163. The molecule has 2 heteroatoms. The van der Waals surface area contributed by atoms with Gasteiger partial charge < -0.3 is 11.3 Å². The summed E-state index contributed by atoms with van der Waals surface area (Å²) in [7, 11) is 0. The quantitative estimate of drug-likeness (QED) is 0.519. The summed E-state index contributed by atoms with van der Waals surface area (Å²) >= 11 is 0. The zero-order chi connectivity index (χ0) is 4.41. The van der Waals surface area contributed by atoms with Crippen molar-refractivity contribution in [3.8, 4) is 0 Å². The Labute approximate surface area is 44.1 Å². The SMILES string of the molecule is N.OCC1CCC1. The van der Waals surface area contributed by atoms with Crippen molar-refractivity contribution in [3.05, 3.63) is 0 Å². The second kappa shape index (κ2) is 2.99. The molecule has 0 saturated heterocycles. The molecular weight excluding hydrogens is 90.1 g/mol. The third-order valence-electron chi connectivity index (χ3n) is 1.48. The average Bonchev–Trinajstić information content (AvgIpc) is 1.31. The van der Waals surface area contributed by atoms with Crippen molar-refractivity contribution in [3.63, 3.8) is 0 Å². The summed E-state index contributed by atoms with van der Waals surface area (Å²) in [6, 6.07) is 0. The molecule has 1 aliphatic rings. The van der Waals surface area contributed by atoms with Crippen molar-refractivity contribution >= 4 is 0 Å². The molecule has 0 bridgehead atoms. The lowest BCUT2D eigenvalue weighted by Gasteiger charge is -2.21. The molecular formula is C5H13NO. The molecule has 1 fully saturated rings. The first-order valence-electron chi connectivity index (χ1n) is 2.54. The van der Waals surface area contributed by atoms with Gasteiger partial charge in [0.25, 0.3) is 0 Å². The summed E-state index contributed by atoms with van der Waals surface area (Å²) in [5.74, 6) is 0.671. The Morgan fingerprint density at radius 1 is 1.43 bits per heavy atom. The Kier molecular flexibility index (Phi) is 2.96. The molecule has 7 heavy (non-hydrogen) atoms. The number of aliphatic hydroxyl groups is 1. The predicted octanol–water partition coefficient (Wildman–Crippen LogP) is 0.941.